The van der Waals surface area contributed by atoms with E-state index in [4.69, 9.17) is 4.74 Å². The fourth-order valence-corrected chi connectivity index (χ4v) is 2.96. The van der Waals surface area contributed by atoms with Crippen LogP contribution in [-0.2, 0) is 11.2 Å². The maximum Gasteiger partial charge on any atom is 0.262 e. The van der Waals surface area contributed by atoms with Gasteiger partial charge in [0.1, 0.15) is 24.2 Å². The number of anilines is 1. The first-order valence-corrected chi connectivity index (χ1v) is 9.75. The highest BCUT2D eigenvalue weighted by molar-refractivity contribution is 5.93. The number of phenols is 1. The summed E-state index contributed by atoms with van der Waals surface area (Å²) >= 11 is 0. The third-order valence-electron chi connectivity index (χ3n) is 4.96. The summed E-state index contributed by atoms with van der Waals surface area (Å²) in [7, 11) is 0. The molecule has 152 valence electrons. The van der Waals surface area contributed by atoms with Crippen LogP contribution in [0.2, 0.25) is 0 Å². The highest BCUT2D eigenvalue weighted by Gasteiger charge is 2.13. The Morgan fingerprint density at radius 2 is 1.93 bits per heavy atom. The molecule has 2 N–H and O–H groups in total. The molecule has 3 rings (SSSR count). The van der Waals surface area contributed by atoms with E-state index in [9.17, 15) is 9.90 Å². The SMILES string of the molecule is CCc1ccc(OCC(=O)Nc2cc([C@@H](C)CC)ccc2O)c(-n2cnnc2)c1. The van der Waals surface area contributed by atoms with Gasteiger partial charge in [0, 0.05) is 0 Å². The second-order valence-corrected chi connectivity index (χ2v) is 6.95. The largest absolute Gasteiger partial charge is 0.506 e. The minimum atomic E-state index is -0.351. The number of aryl methyl sites for hydroxylation is 1. The summed E-state index contributed by atoms with van der Waals surface area (Å²) < 4.78 is 7.51. The zero-order valence-electron chi connectivity index (χ0n) is 16.9. The van der Waals surface area contributed by atoms with Crippen molar-refractivity contribution in [3.63, 3.8) is 0 Å². The molecule has 1 atom stereocenters. The molecular formula is C22H26N4O3. The van der Waals surface area contributed by atoms with Crippen molar-refractivity contribution in [1.29, 1.82) is 0 Å². The molecule has 7 nitrogen and oxygen atoms in total. The summed E-state index contributed by atoms with van der Waals surface area (Å²) in [5.41, 5.74) is 3.35. The summed E-state index contributed by atoms with van der Waals surface area (Å²) in [5, 5.41) is 20.5. The van der Waals surface area contributed by atoms with Gasteiger partial charge in [-0.3, -0.25) is 9.36 Å². The zero-order chi connectivity index (χ0) is 20.8. The molecule has 0 aliphatic rings. The van der Waals surface area contributed by atoms with Crippen molar-refractivity contribution in [3.05, 3.63) is 60.2 Å². The van der Waals surface area contributed by atoms with Crippen molar-refractivity contribution in [3.8, 4) is 17.2 Å². The van der Waals surface area contributed by atoms with E-state index in [1.54, 1.807) is 29.4 Å². The standard InChI is InChI=1S/C22H26N4O3/c1-4-15(3)17-7-8-20(27)18(11-17)25-22(28)12-29-21-9-6-16(5-2)10-19(21)26-13-23-24-14-26/h6-11,13-15,27H,4-5,12H2,1-3H3,(H,25,28)/t15-/m0/s1. The van der Waals surface area contributed by atoms with Crippen LogP contribution < -0.4 is 10.1 Å². The van der Waals surface area contributed by atoms with Crippen molar-refractivity contribution in [1.82, 2.24) is 14.8 Å². The number of hydrogen-bond acceptors (Lipinski definition) is 5. The number of amides is 1. The van der Waals surface area contributed by atoms with Crippen LogP contribution in [0.3, 0.4) is 0 Å². The molecule has 1 amide bonds. The number of rotatable bonds is 8. The maximum atomic E-state index is 12.4. The number of benzene rings is 2. The fourth-order valence-electron chi connectivity index (χ4n) is 2.96. The first-order chi connectivity index (χ1) is 14.0. The van der Waals surface area contributed by atoms with Gasteiger partial charge in [-0.25, -0.2) is 0 Å². The average molecular weight is 394 g/mol. The van der Waals surface area contributed by atoms with E-state index in [1.165, 1.54) is 0 Å². The quantitative estimate of drug-likeness (QED) is 0.562. The van der Waals surface area contributed by atoms with Crippen LogP contribution in [0.15, 0.2) is 49.1 Å². The molecule has 0 saturated carbocycles. The van der Waals surface area contributed by atoms with Gasteiger partial charge in [-0.05, 0) is 54.2 Å². The molecule has 3 aromatic rings. The van der Waals surface area contributed by atoms with Gasteiger partial charge in [0.05, 0.1) is 11.4 Å². The number of hydrogen-bond donors (Lipinski definition) is 2. The highest BCUT2D eigenvalue weighted by atomic mass is 16.5. The van der Waals surface area contributed by atoms with Gasteiger partial charge < -0.3 is 15.2 Å². The van der Waals surface area contributed by atoms with Crippen LogP contribution in [0.1, 0.15) is 44.2 Å². The summed E-state index contributed by atoms with van der Waals surface area (Å²) in [6, 6.07) is 11.1. The lowest BCUT2D eigenvalue weighted by molar-refractivity contribution is -0.118. The Morgan fingerprint density at radius 1 is 1.17 bits per heavy atom. The molecule has 0 saturated heterocycles. The molecular weight excluding hydrogens is 368 g/mol. The van der Waals surface area contributed by atoms with Crippen molar-refractivity contribution >= 4 is 11.6 Å². The van der Waals surface area contributed by atoms with E-state index in [2.05, 4.69) is 36.3 Å². The summed E-state index contributed by atoms with van der Waals surface area (Å²) in [4.78, 5) is 12.4. The Kier molecular flexibility index (Phi) is 6.49. The molecule has 0 unspecified atom stereocenters. The van der Waals surface area contributed by atoms with Crippen molar-refractivity contribution in [2.75, 3.05) is 11.9 Å². The summed E-state index contributed by atoms with van der Waals surface area (Å²) in [6.45, 7) is 6.08. The normalized spacial score (nSPS) is 11.8. The number of nitrogens with zero attached hydrogens (tertiary/aromatic N) is 3. The molecule has 0 aliphatic heterocycles. The summed E-state index contributed by atoms with van der Waals surface area (Å²) in [5.74, 6) is 0.569. The van der Waals surface area contributed by atoms with Crippen molar-refractivity contribution < 1.29 is 14.6 Å². The predicted molar refractivity (Wildman–Crippen MR) is 112 cm³/mol. The topological polar surface area (TPSA) is 89.3 Å². The Labute approximate surface area is 170 Å². The van der Waals surface area contributed by atoms with Gasteiger partial charge in [-0.2, -0.15) is 0 Å². The smallest absolute Gasteiger partial charge is 0.262 e. The fraction of sp³-hybridized carbons (Fsp3) is 0.318. The molecule has 29 heavy (non-hydrogen) atoms. The molecule has 7 heteroatoms. The van der Waals surface area contributed by atoms with Gasteiger partial charge in [-0.15, -0.1) is 10.2 Å². The van der Waals surface area contributed by atoms with Gasteiger partial charge in [0.25, 0.3) is 5.91 Å². The second kappa shape index (κ2) is 9.23. The first kappa shape index (κ1) is 20.4. The van der Waals surface area contributed by atoms with Crippen LogP contribution in [0.5, 0.6) is 11.5 Å². The number of aromatic hydroxyl groups is 1. The number of carbonyl (C=O) groups is 1. The third-order valence-corrected chi connectivity index (χ3v) is 4.96. The number of carbonyl (C=O) groups excluding carboxylic acids is 1. The molecule has 2 aromatic carbocycles. The van der Waals surface area contributed by atoms with Crippen LogP contribution in [-0.4, -0.2) is 32.4 Å². The van der Waals surface area contributed by atoms with E-state index in [-0.39, 0.29) is 18.3 Å². The second-order valence-electron chi connectivity index (χ2n) is 6.95. The Balaban J connectivity index is 1.72. The van der Waals surface area contributed by atoms with Crippen LogP contribution in [0.25, 0.3) is 5.69 Å². The number of aromatic nitrogens is 3. The molecule has 1 heterocycles. The van der Waals surface area contributed by atoms with Crippen molar-refractivity contribution in [2.45, 2.75) is 39.5 Å². The Morgan fingerprint density at radius 3 is 2.62 bits per heavy atom. The van der Waals surface area contributed by atoms with Gasteiger partial charge in [0.15, 0.2) is 6.61 Å². The highest BCUT2D eigenvalue weighted by Crippen LogP contribution is 2.29. The van der Waals surface area contributed by atoms with E-state index in [0.717, 1.165) is 29.7 Å². The Bertz CT molecular complexity index is 970. The number of ether oxygens (including phenoxy) is 1. The van der Waals surface area contributed by atoms with Crippen LogP contribution >= 0.6 is 0 Å². The van der Waals surface area contributed by atoms with E-state index in [0.29, 0.717) is 17.4 Å². The van der Waals surface area contributed by atoms with E-state index in [1.807, 2.05) is 24.3 Å². The van der Waals surface area contributed by atoms with Gasteiger partial charge >= 0.3 is 0 Å². The van der Waals surface area contributed by atoms with Crippen LogP contribution in [0.4, 0.5) is 5.69 Å². The Hall–Kier alpha value is -3.35. The van der Waals surface area contributed by atoms with Crippen LogP contribution in [0, 0.1) is 0 Å². The number of nitrogens with one attached hydrogen (secondary N) is 1. The molecule has 0 radical (unpaired) electrons. The first-order valence-electron chi connectivity index (χ1n) is 9.75. The number of phenolic OH excluding ortho intramolecular Hbond substituents is 1. The average Bonchev–Trinajstić information content (AvgIpc) is 3.28. The molecule has 1 aromatic heterocycles. The van der Waals surface area contributed by atoms with Gasteiger partial charge in [-0.1, -0.05) is 32.9 Å². The van der Waals surface area contributed by atoms with E-state index >= 15 is 0 Å². The van der Waals surface area contributed by atoms with E-state index < -0.39 is 0 Å². The molecule has 0 spiro atoms. The lowest BCUT2D eigenvalue weighted by Crippen LogP contribution is -2.21. The minimum Gasteiger partial charge on any atom is -0.506 e. The zero-order valence-corrected chi connectivity index (χ0v) is 16.9. The third kappa shape index (κ3) is 4.93. The molecule has 0 bridgehead atoms. The van der Waals surface area contributed by atoms with Gasteiger partial charge in [0.2, 0.25) is 0 Å². The monoisotopic (exact) mass is 394 g/mol. The lowest BCUT2D eigenvalue weighted by Gasteiger charge is -2.15. The predicted octanol–water partition coefficient (Wildman–Crippen LogP) is 4.07. The summed E-state index contributed by atoms with van der Waals surface area (Å²) in [6.07, 6.45) is 5.02. The molecule has 0 aliphatic carbocycles. The molecule has 0 fully saturated rings. The van der Waals surface area contributed by atoms with Crippen molar-refractivity contribution in [2.24, 2.45) is 0 Å². The lowest BCUT2D eigenvalue weighted by atomic mass is 9.98. The minimum absolute atomic E-state index is 0.0304. The maximum absolute atomic E-state index is 12.4.